The highest BCUT2D eigenvalue weighted by atomic mass is 79.9. The van der Waals surface area contributed by atoms with Crippen LogP contribution < -0.4 is 15.0 Å². The number of furan rings is 1. The smallest absolute Gasteiger partial charge is 0.287 e. The molecule has 11 nitrogen and oxygen atoms in total. The van der Waals surface area contributed by atoms with Gasteiger partial charge >= 0.3 is 0 Å². The molecule has 43 heavy (non-hydrogen) atoms. The van der Waals surface area contributed by atoms with Crippen LogP contribution in [-0.2, 0) is 0 Å². The van der Waals surface area contributed by atoms with Gasteiger partial charge in [0.15, 0.2) is 17.3 Å². The van der Waals surface area contributed by atoms with Gasteiger partial charge in [-0.1, -0.05) is 23.7 Å². The van der Waals surface area contributed by atoms with E-state index < -0.39 is 4.92 Å². The molecule has 6 aromatic rings. The number of halogens is 2. The molecule has 0 bridgehead atoms. The van der Waals surface area contributed by atoms with Crippen molar-refractivity contribution in [3.8, 4) is 29.0 Å². The normalized spacial score (nSPS) is 11.4. The summed E-state index contributed by atoms with van der Waals surface area (Å²) in [6.45, 7) is 2.15. The maximum Gasteiger partial charge on any atom is 0.287 e. The molecule has 0 fully saturated rings. The number of nitrogens with zero attached hydrogens (tertiary/aromatic N) is 5. The van der Waals surface area contributed by atoms with Crippen molar-refractivity contribution in [2.45, 2.75) is 6.92 Å². The van der Waals surface area contributed by atoms with Gasteiger partial charge in [0.05, 0.1) is 28.6 Å². The number of hydrogen-bond acceptors (Lipinski definition) is 9. The zero-order chi connectivity index (χ0) is 30.1. The van der Waals surface area contributed by atoms with Crippen molar-refractivity contribution >= 4 is 61.3 Å². The lowest BCUT2D eigenvalue weighted by Crippen LogP contribution is -2.20. The molecule has 13 heteroatoms. The van der Waals surface area contributed by atoms with Crippen LogP contribution in [0.2, 0.25) is 5.02 Å². The zero-order valence-electron chi connectivity index (χ0n) is 22.2. The maximum absolute atomic E-state index is 13.6. The van der Waals surface area contributed by atoms with Gasteiger partial charge in [0.1, 0.15) is 11.8 Å². The fourth-order valence-electron chi connectivity index (χ4n) is 4.29. The van der Waals surface area contributed by atoms with Crippen LogP contribution in [-0.4, -0.2) is 32.4 Å². The number of benzene rings is 3. The van der Waals surface area contributed by atoms with Crippen LogP contribution in [0.25, 0.3) is 33.5 Å². The van der Waals surface area contributed by atoms with Crippen molar-refractivity contribution in [2.75, 3.05) is 6.61 Å². The molecular formula is C30H19BrClN5O6. The summed E-state index contributed by atoms with van der Waals surface area (Å²) in [5.74, 6) is 1.37. The Morgan fingerprint density at radius 1 is 1.12 bits per heavy atom. The number of pyridine rings is 1. The lowest BCUT2D eigenvalue weighted by Gasteiger charge is -2.13. The third kappa shape index (κ3) is 5.70. The summed E-state index contributed by atoms with van der Waals surface area (Å²) >= 11 is 9.69. The molecule has 0 spiro atoms. The molecule has 0 N–H and O–H groups in total. The maximum atomic E-state index is 13.6. The Kier molecular flexibility index (Phi) is 7.61. The summed E-state index contributed by atoms with van der Waals surface area (Å²) in [7, 11) is 0. The number of para-hydroxylation sites is 1. The summed E-state index contributed by atoms with van der Waals surface area (Å²) in [6, 6.07) is 20.0. The fourth-order valence-corrected chi connectivity index (χ4v) is 4.89. The third-order valence-corrected chi connectivity index (χ3v) is 7.20. The van der Waals surface area contributed by atoms with Crippen LogP contribution >= 0.6 is 27.5 Å². The summed E-state index contributed by atoms with van der Waals surface area (Å²) in [6.07, 6.45) is 2.59. The largest absolute Gasteiger partial charge is 0.490 e. The van der Waals surface area contributed by atoms with Gasteiger partial charge in [-0.2, -0.15) is 9.78 Å². The Labute approximate surface area is 256 Å². The number of ether oxygens (including phenoxy) is 2. The average Bonchev–Trinajstić information content (AvgIpc) is 3.42. The van der Waals surface area contributed by atoms with Gasteiger partial charge in [-0.25, -0.2) is 9.97 Å². The number of fused-ring (bicyclic) bond motifs is 2. The lowest BCUT2D eigenvalue weighted by molar-refractivity contribution is -0.385. The zero-order valence-corrected chi connectivity index (χ0v) is 24.6. The van der Waals surface area contributed by atoms with Crippen molar-refractivity contribution in [3.63, 3.8) is 0 Å². The Morgan fingerprint density at radius 3 is 2.72 bits per heavy atom. The molecule has 6 rings (SSSR count). The molecule has 0 amide bonds. The third-order valence-electron chi connectivity index (χ3n) is 6.27. The molecule has 0 aliphatic carbocycles. The van der Waals surface area contributed by atoms with Crippen molar-refractivity contribution in [3.05, 3.63) is 115 Å². The van der Waals surface area contributed by atoms with E-state index in [0.29, 0.717) is 55.4 Å². The minimum atomic E-state index is -0.543. The molecule has 3 heterocycles. The molecular weight excluding hydrogens is 642 g/mol. The molecule has 3 aromatic carbocycles. The highest BCUT2D eigenvalue weighted by Gasteiger charge is 2.18. The lowest BCUT2D eigenvalue weighted by atomic mass is 10.2. The summed E-state index contributed by atoms with van der Waals surface area (Å²) in [5.41, 5.74) is 1.10. The van der Waals surface area contributed by atoms with Crippen molar-refractivity contribution < 1.29 is 18.8 Å². The van der Waals surface area contributed by atoms with Gasteiger partial charge < -0.3 is 13.9 Å². The first-order valence-corrected chi connectivity index (χ1v) is 14.0. The Hall–Kier alpha value is -5.07. The monoisotopic (exact) mass is 659 g/mol. The second-order valence-electron chi connectivity index (χ2n) is 9.07. The van der Waals surface area contributed by atoms with Gasteiger partial charge in [0.25, 0.3) is 11.2 Å². The summed E-state index contributed by atoms with van der Waals surface area (Å²) < 4.78 is 19.4. The van der Waals surface area contributed by atoms with Gasteiger partial charge in [0, 0.05) is 32.6 Å². The molecule has 0 saturated heterocycles. The highest BCUT2D eigenvalue weighted by molar-refractivity contribution is 9.10. The Balaban J connectivity index is 1.42. The van der Waals surface area contributed by atoms with E-state index >= 15 is 0 Å². The quantitative estimate of drug-likeness (QED) is 0.0925. The van der Waals surface area contributed by atoms with E-state index in [4.69, 9.17) is 30.5 Å². The first-order chi connectivity index (χ1) is 20.8. The molecule has 214 valence electrons. The average molecular weight is 661 g/mol. The molecule has 0 aliphatic heterocycles. The second-order valence-corrected chi connectivity index (χ2v) is 10.4. The van der Waals surface area contributed by atoms with E-state index in [-0.39, 0.29) is 23.0 Å². The van der Waals surface area contributed by atoms with E-state index in [0.717, 1.165) is 11.6 Å². The predicted octanol–water partition coefficient (Wildman–Crippen LogP) is 7.60. The summed E-state index contributed by atoms with van der Waals surface area (Å²) in [4.78, 5) is 32.7. The van der Waals surface area contributed by atoms with Crippen LogP contribution in [0.15, 0.2) is 97.8 Å². The van der Waals surface area contributed by atoms with E-state index in [1.165, 1.54) is 23.0 Å². The van der Waals surface area contributed by atoms with E-state index in [9.17, 15) is 14.9 Å². The molecule has 0 radical (unpaired) electrons. The predicted molar refractivity (Wildman–Crippen MR) is 165 cm³/mol. The number of aromatic nitrogens is 3. The van der Waals surface area contributed by atoms with Gasteiger partial charge in [-0.3, -0.25) is 14.9 Å². The van der Waals surface area contributed by atoms with Crippen molar-refractivity contribution in [1.29, 1.82) is 0 Å². The minimum Gasteiger partial charge on any atom is -0.490 e. The molecule has 0 saturated carbocycles. The van der Waals surface area contributed by atoms with E-state index in [1.807, 2.05) is 6.92 Å². The number of nitro groups is 1. The van der Waals surface area contributed by atoms with Crippen LogP contribution in [0.1, 0.15) is 12.5 Å². The standard InChI is InChI=1S/C30H19BrClN5O6/c1-2-41-25-13-18(22(31)14-26(25)43-28-10-8-20(16-33-28)37(39)40)15-34-36-29(35-23-6-4-3-5-21(23)30(36)38)27-12-17-11-19(32)7-9-24(17)42-27/h3-16H,2H2,1H3. The topological polar surface area (TPSA) is 135 Å². The molecule has 0 unspecified atom stereocenters. The van der Waals surface area contributed by atoms with E-state index in [1.54, 1.807) is 60.7 Å². The molecule has 0 aliphatic rings. The first-order valence-electron chi connectivity index (χ1n) is 12.8. The minimum absolute atomic E-state index is 0.144. The van der Waals surface area contributed by atoms with Crippen LogP contribution in [0, 0.1) is 10.1 Å². The first kappa shape index (κ1) is 28.1. The van der Waals surface area contributed by atoms with Crippen molar-refractivity contribution in [2.24, 2.45) is 5.10 Å². The highest BCUT2D eigenvalue weighted by Crippen LogP contribution is 2.36. The van der Waals surface area contributed by atoms with Gasteiger partial charge in [0.2, 0.25) is 11.7 Å². The Morgan fingerprint density at radius 2 is 1.95 bits per heavy atom. The molecule has 0 atom stereocenters. The SMILES string of the molecule is CCOc1cc(C=Nn2c(-c3cc4cc(Cl)ccc4o3)nc3ccccc3c2=O)c(Br)cc1Oc1ccc([N+](=O)[O-])cn1. The number of rotatable bonds is 8. The van der Waals surface area contributed by atoms with Gasteiger partial charge in [-0.15, -0.1) is 0 Å². The second kappa shape index (κ2) is 11.7. The van der Waals surface area contributed by atoms with Crippen LogP contribution in [0.4, 0.5) is 5.69 Å². The summed E-state index contributed by atoms with van der Waals surface area (Å²) in [5, 5.41) is 17.2. The van der Waals surface area contributed by atoms with E-state index in [2.05, 4.69) is 26.0 Å². The van der Waals surface area contributed by atoms with Crippen LogP contribution in [0.3, 0.4) is 0 Å². The van der Waals surface area contributed by atoms with Crippen LogP contribution in [0.5, 0.6) is 17.4 Å². The fraction of sp³-hybridized carbons (Fsp3) is 0.0667. The molecule has 3 aromatic heterocycles. The van der Waals surface area contributed by atoms with Crippen molar-refractivity contribution in [1.82, 2.24) is 14.6 Å². The Bertz CT molecular complexity index is 2110. The number of hydrogen-bond donors (Lipinski definition) is 0. The van der Waals surface area contributed by atoms with Gasteiger partial charge in [-0.05, 0) is 71.4 Å².